The van der Waals surface area contributed by atoms with E-state index >= 15 is 0 Å². The fourth-order valence-corrected chi connectivity index (χ4v) is 1.55. The second-order valence-corrected chi connectivity index (χ2v) is 4.27. The molecule has 0 fully saturated rings. The number of carboxylic acid groups (broad SMARTS) is 1. The summed E-state index contributed by atoms with van der Waals surface area (Å²) in [6.45, 7) is 6.16. The molecule has 0 aromatic carbocycles. The maximum absolute atomic E-state index is 11.1. The van der Waals surface area contributed by atoms with Crippen molar-refractivity contribution in [2.24, 2.45) is 0 Å². The summed E-state index contributed by atoms with van der Waals surface area (Å²) in [4.78, 5) is 11.1. The Morgan fingerprint density at radius 2 is 2.06 bits per heavy atom. The van der Waals surface area contributed by atoms with Crippen LogP contribution in [-0.2, 0) is 14.3 Å². The molecule has 5 heteroatoms. The molecule has 0 rings (SSSR count). The molecule has 0 aliphatic rings. The number of hydrogen-bond donors (Lipinski definition) is 2. The van der Waals surface area contributed by atoms with Crippen LogP contribution >= 0.6 is 0 Å². The molecule has 0 saturated heterocycles. The van der Waals surface area contributed by atoms with Crippen LogP contribution in [0.15, 0.2) is 0 Å². The normalized spacial score (nSPS) is 14.5. The van der Waals surface area contributed by atoms with Gasteiger partial charge in [-0.15, -0.1) is 0 Å². The smallest absolute Gasteiger partial charge is 0.323 e. The van der Waals surface area contributed by atoms with Gasteiger partial charge >= 0.3 is 5.97 Å². The first-order chi connectivity index (χ1) is 8.06. The van der Waals surface area contributed by atoms with Gasteiger partial charge in [0.2, 0.25) is 0 Å². The lowest BCUT2D eigenvalue weighted by Crippen LogP contribution is -2.49. The van der Waals surface area contributed by atoms with Crippen LogP contribution in [0.2, 0.25) is 0 Å². The quantitative estimate of drug-likeness (QED) is 0.538. The van der Waals surface area contributed by atoms with Gasteiger partial charge in [-0.25, -0.2) is 0 Å². The molecule has 0 heterocycles. The van der Waals surface area contributed by atoms with Crippen LogP contribution in [0.5, 0.6) is 0 Å². The van der Waals surface area contributed by atoms with Gasteiger partial charge in [0.15, 0.2) is 0 Å². The molecule has 0 aliphatic heterocycles. The van der Waals surface area contributed by atoms with Crippen LogP contribution in [0.1, 0.15) is 33.1 Å². The molecule has 17 heavy (non-hydrogen) atoms. The van der Waals surface area contributed by atoms with E-state index in [4.69, 9.17) is 14.6 Å². The molecule has 0 radical (unpaired) electrons. The second-order valence-electron chi connectivity index (χ2n) is 4.27. The molecule has 0 aromatic rings. The van der Waals surface area contributed by atoms with Crippen molar-refractivity contribution in [3.63, 3.8) is 0 Å². The Kier molecular flexibility index (Phi) is 9.03. The maximum atomic E-state index is 11.1. The largest absolute Gasteiger partial charge is 0.480 e. The molecule has 0 aromatic heterocycles. The molecule has 0 aliphatic carbocycles. The van der Waals surface area contributed by atoms with E-state index in [-0.39, 0.29) is 0 Å². The van der Waals surface area contributed by atoms with Crippen molar-refractivity contribution >= 4 is 5.97 Å². The summed E-state index contributed by atoms with van der Waals surface area (Å²) in [5, 5.41) is 12.2. The molecular formula is C12H25NO4. The van der Waals surface area contributed by atoms with Gasteiger partial charge in [0.1, 0.15) is 5.54 Å². The van der Waals surface area contributed by atoms with Crippen LogP contribution < -0.4 is 5.32 Å². The van der Waals surface area contributed by atoms with E-state index in [0.717, 1.165) is 12.8 Å². The number of rotatable bonds is 11. The Labute approximate surface area is 103 Å². The lowest BCUT2D eigenvalue weighted by molar-refractivity contribution is -0.144. The van der Waals surface area contributed by atoms with Gasteiger partial charge in [-0.2, -0.15) is 0 Å². The monoisotopic (exact) mass is 247 g/mol. The number of aliphatic carboxylic acids is 1. The topological polar surface area (TPSA) is 67.8 Å². The average Bonchev–Trinajstić information content (AvgIpc) is 2.28. The van der Waals surface area contributed by atoms with Crippen LogP contribution in [0.25, 0.3) is 0 Å². The van der Waals surface area contributed by atoms with Crippen LogP contribution in [-0.4, -0.2) is 50.1 Å². The zero-order valence-electron chi connectivity index (χ0n) is 11.1. The minimum atomic E-state index is -0.818. The number of carbonyl (C=O) groups is 1. The zero-order valence-corrected chi connectivity index (χ0v) is 11.1. The minimum Gasteiger partial charge on any atom is -0.480 e. The predicted molar refractivity (Wildman–Crippen MR) is 66.3 cm³/mol. The zero-order chi connectivity index (χ0) is 13.1. The minimum absolute atomic E-state index is 0.585. The lowest BCUT2D eigenvalue weighted by Gasteiger charge is -2.25. The van der Waals surface area contributed by atoms with E-state index in [9.17, 15) is 4.79 Å². The van der Waals surface area contributed by atoms with E-state index in [2.05, 4.69) is 5.32 Å². The Balaban J connectivity index is 3.65. The van der Waals surface area contributed by atoms with E-state index in [1.54, 1.807) is 14.0 Å². The second kappa shape index (κ2) is 9.39. The number of ether oxygens (including phenoxy) is 2. The Hall–Kier alpha value is -0.650. The van der Waals surface area contributed by atoms with Crippen molar-refractivity contribution in [1.82, 2.24) is 5.32 Å². The van der Waals surface area contributed by atoms with E-state index < -0.39 is 11.5 Å². The van der Waals surface area contributed by atoms with Gasteiger partial charge in [0.25, 0.3) is 0 Å². The van der Waals surface area contributed by atoms with Crippen molar-refractivity contribution < 1.29 is 19.4 Å². The molecule has 102 valence electrons. The molecule has 0 saturated carbocycles. The van der Waals surface area contributed by atoms with Crippen LogP contribution in [0.3, 0.4) is 0 Å². The first-order valence-electron chi connectivity index (χ1n) is 6.12. The van der Waals surface area contributed by atoms with Crippen LogP contribution in [0.4, 0.5) is 0 Å². The highest BCUT2D eigenvalue weighted by Gasteiger charge is 2.30. The van der Waals surface area contributed by atoms with Gasteiger partial charge in [-0.1, -0.05) is 13.3 Å². The number of methoxy groups -OCH3 is 1. The third-order valence-electron chi connectivity index (χ3n) is 2.63. The van der Waals surface area contributed by atoms with E-state index in [0.29, 0.717) is 32.8 Å². The Morgan fingerprint density at radius 3 is 2.59 bits per heavy atom. The summed E-state index contributed by atoms with van der Waals surface area (Å²) in [6.07, 6.45) is 2.28. The number of carboxylic acids is 1. The van der Waals surface area contributed by atoms with Gasteiger partial charge in [-0.3, -0.25) is 4.79 Å². The summed E-state index contributed by atoms with van der Waals surface area (Å²) in [5.74, 6) is -0.792. The highest BCUT2D eigenvalue weighted by atomic mass is 16.5. The molecule has 5 nitrogen and oxygen atoms in total. The Bertz CT molecular complexity index is 211. The third-order valence-corrected chi connectivity index (χ3v) is 2.63. The van der Waals surface area contributed by atoms with Crippen molar-refractivity contribution in [1.29, 1.82) is 0 Å². The highest BCUT2D eigenvalue weighted by Crippen LogP contribution is 2.12. The van der Waals surface area contributed by atoms with Gasteiger partial charge < -0.3 is 19.9 Å². The van der Waals surface area contributed by atoms with Gasteiger partial charge in [0, 0.05) is 13.7 Å². The maximum Gasteiger partial charge on any atom is 0.323 e. The lowest BCUT2D eigenvalue weighted by atomic mass is 9.96. The first-order valence-corrected chi connectivity index (χ1v) is 6.12. The Morgan fingerprint density at radius 1 is 1.35 bits per heavy atom. The predicted octanol–water partition coefficient (Wildman–Crippen LogP) is 1.27. The van der Waals surface area contributed by atoms with Gasteiger partial charge in [-0.05, 0) is 26.3 Å². The summed E-state index contributed by atoms with van der Waals surface area (Å²) in [5.41, 5.74) is -0.818. The number of nitrogens with one attached hydrogen (secondary N) is 1. The van der Waals surface area contributed by atoms with Crippen molar-refractivity contribution in [3.8, 4) is 0 Å². The summed E-state index contributed by atoms with van der Waals surface area (Å²) in [7, 11) is 1.63. The summed E-state index contributed by atoms with van der Waals surface area (Å²) >= 11 is 0. The highest BCUT2D eigenvalue weighted by molar-refractivity contribution is 5.78. The first kappa shape index (κ1) is 16.4. The molecule has 0 amide bonds. The number of hydrogen-bond acceptors (Lipinski definition) is 4. The van der Waals surface area contributed by atoms with Crippen molar-refractivity contribution in [3.05, 3.63) is 0 Å². The van der Waals surface area contributed by atoms with Crippen LogP contribution in [0, 0.1) is 0 Å². The van der Waals surface area contributed by atoms with Crippen molar-refractivity contribution in [2.45, 2.75) is 38.6 Å². The fraction of sp³-hybridized carbons (Fsp3) is 0.917. The SMILES string of the molecule is CCCC(C)(NCCCOCCOC)C(=O)O. The summed E-state index contributed by atoms with van der Waals surface area (Å²) < 4.78 is 10.1. The van der Waals surface area contributed by atoms with E-state index in [1.807, 2.05) is 6.92 Å². The molecule has 0 spiro atoms. The molecule has 2 N–H and O–H groups in total. The molecule has 1 atom stereocenters. The molecular weight excluding hydrogens is 222 g/mol. The third kappa shape index (κ3) is 7.31. The molecule has 0 bridgehead atoms. The van der Waals surface area contributed by atoms with Crippen molar-refractivity contribution in [2.75, 3.05) is 33.5 Å². The standard InChI is InChI=1S/C12H25NO4/c1-4-6-12(2,11(14)15)13-7-5-8-17-10-9-16-3/h13H,4-10H2,1-3H3,(H,14,15). The summed E-state index contributed by atoms with van der Waals surface area (Å²) in [6, 6.07) is 0. The molecule has 1 unspecified atom stereocenters. The van der Waals surface area contributed by atoms with E-state index in [1.165, 1.54) is 0 Å². The van der Waals surface area contributed by atoms with Gasteiger partial charge in [0.05, 0.1) is 13.2 Å². The fourth-order valence-electron chi connectivity index (χ4n) is 1.55. The average molecular weight is 247 g/mol.